The number of amides is 1. The Hall–Kier alpha value is -3.13. The lowest BCUT2D eigenvalue weighted by Crippen LogP contribution is -2.40. The number of hydrogen-bond acceptors (Lipinski definition) is 6. The maximum Gasteiger partial charge on any atom is 0.291 e. The first kappa shape index (κ1) is 23.6. The lowest BCUT2D eigenvalue weighted by molar-refractivity contribution is 0.0662. The lowest BCUT2D eigenvalue weighted by Gasteiger charge is -2.30. The van der Waals surface area contributed by atoms with Gasteiger partial charge in [0, 0.05) is 6.04 Å². The van der Waals surface area contributed by atoms with Gasteiger partial charge in [-0.15, -0.1) is 0 Å². The van der Waals surface area contributed by atoms with Crippen LogP contribution in [0.4, 0.5) is 0 Å². The highest BCUT2D eigenvalue weighted by molar-refractivity contribution is 7.91. The molecule has 0 aliphatic carbocycles. The van der Waals surface area contributed by atoms with E-state index in [-0.39, 0.29) is 28.3 Å². The second-order valence-corrected chi connectivity index (χ2v) is 11.5. The number of sulfone groups is 1. The molecule has 2 aromatic carbocycles. The molecule has 8 heteroatoms. The van der Waals surface area contributed by atoms with Gasteiger partial charge in [0.15, 0.2) is 15.3 Å². The van der Waals surface area contributed by atoms with Crippen molar-refractivity contribution < 1.29 is 22.4 Å². The minimum atomic E-state index is -3.24. The monoisotopic (exact) mass is 495 g/mol. The molecule has 2 unspecified atom stereocenters. The van der Waals surface area contributed by atoms with Gasteiger partial charge in [-0.05, 0) is 42.7 Å². The number of nitrogens with zero attached hydrogens (tertiary/aromatic N) is 1. The molecular formula is C27H29NO6S. The summed E-state index contributed by atoms with van der Waals surface area (Å²) < 4.78 is 36.3. The first-order valence-electron chi connectivity index (χ1n) is 12.2. The van der Waals surface area contributed by atoms with Crippen LogP contribution in [0.3, 0.4) is 0 Å². The summed E-state index contributed by atoms with van der Waals surface area (Å²) in [4.78, 5) is 28.6. The van der Waals surface area contributed by atoms with Gasteiger partial charge in [0.05, 0.1) is 35.1 Å². The fourth-order valence-corrected chi connectivity index (χ4v) is 6.81. The van der Waals surface area contributed by atoms with Gasteiger partial charge in [-0.25, -0.2) is 8.42 Å². The van der Waals surface area contributed by atoms with Crippen molar-refractivity contribution in [1.29, 1.82) is 0 Å². The van der Waals surface area contributed by atoms with Crippen molar-refractivity contribution in [3.8, 4) is 5.75 Å². The SMILES string of the molecule is CCCCCCOc1ccc(C2c3c(oc4ccccc4c3=O)C(=O)N2C2CCS(=O)(=O)C2)cc1. The van der Waals surface area contributed by atoms with Crippen LogP contribution in [-0.2, 0) is 9.84 Å². The summed E-state index contributed by atoms with van der Waals surface area (Å²) in [5.41, 5.74) is 1.07. The van der Waals surface area contributed by atoms with Gasteiger partial charge in [-0.2, -0.15) is 0 Å². The molecule has 35 heavy (non-hydrogen) atoms. The Morgan fingerprint density at radius 3 is 2.51 bits per heavy atom. The summed E-state index contributed by atoms with van der Waals surface area (Å²) >= 11 is 0. The number of ether oxygens (including phenoxy) is 1. The van der Waals surface area contributed by atoms with Crippen LogP contribution >= 0.6 is 0 Å². The summed E-state index contributed by atoms with van der Waals surface area (Å²) in [7, 11) is -3.24. The van der Waals surface area contributed by atoms with E-state index in [0.717, 1.165) is 24.2 Å². The molecule has 1 saturated heterocycles. The molecule has 3 heterocycles. The van der Waals surface area contributed by atoms with Gasteiger partial charge in [0.25, 0.3) is 5.91 Å². The maximum absolute atomic E-state index is 13.6. The third-order valence-corrected chi connectivity index (χ3v) is 8.63. The molecule has 7 nitrogen and oxygen atoms in total. The van der Waals surface area contributed by atoms with Gasteiger partial charge in [-0.3, -0.25) is 9.59 Å². The number of hydrogen-bond donors (Lipinski definition) is 0. The summed E-state index contributed by atoms with van der Waals surface area (Å²) in [5.74, 6) is 0.190. The van der Waals surface area contributed by atoms with Gasteiger partial charge < -0.3 is 14.1 Å². The Morgan fingerprint density at radius 1 is 1.03 bits per heavy atom. The smallest absolute Gasteiger partial charge is 0.291 e. The van der Waals surface area contributed by atoms with Crippen LogP contribution in [-0.4, -0.2) is 43.4 Å². The topological polar surface area (TPSA) is 93.9 Å². The number of benzene rings is 2. The fraction of sp³-hybridized carbons (Fsp3) is 0.407. The molecule has 5 rings (SSSR count). The molecule has 0 bridgehead atoms. The van der Waals surface area contributed by atoms with Gasteiger partial charge >= 0.3 is 0 Å². The van der Waals surface area contributed by atoms with Crippen LogP contribution in [0.5, 0.6) is 5.75 Å². The molecule has 0 radical (unpaired) electrons. The van der Waals surface area contributed by atoms with Crippen molar-refractivity contribution in [3.63, 3.8) is 0 Å². The number of carbonyl (C=O) groups excluding carboxylic acids is 1. The molecule has 3 aromatic rings. The van der Waals surface area contributed by atoms with Gasteiger partial charge in [-0.1, -0.05) is 50.5 Å². The van der Waals surface area contributed by atoms with E-state index in [4.69, 9.17) is 9.15 Å². The molecule has 0 spiro atoms. The highest BCUT2D eigenvalue weighted by Gasteiger charge is 2.48. The van der Waals surface area contributed by atoms with Crippen LogP contribution in [0.15, 0.2) is 57.7 Å². The first-order chi connectivity index (χ1) is 16.9. The maximum atomic E-state index is 13.6. The minimum absolute atomic E-state index is 0.000696. The van der Waals surface area contributed by atoms with Crippen molar-refractivity contribution in [2.75, 3.05) is 18.1 Å². The predicted octanol–water partition coefficient (Wildman–Crippen LogP) is 4.48. The summed E-state index contributed by atoms with van der Waals surface area (Å²) in [5, 5.41) is 0.400. The highest BCUT2D eigenvalue weighted by Crippen LogP contribution is 2.41. The third-order valence-electron chi connectivity index (χ3n) is 6.88. The van der Waals surface area contributed by atoms with E-state index in [1.807, 2.05) is 24.3 Å². The Kier molecular flexibility index (Phi) is 6.40. The van der Waals surface area contributed by atoms with Crippen molar-refractivity contribution in [1.82, 2.24) is 4.90 Å². The number of carbonyl (C=O) groups is 1. The second kappa shape index (κ2) is 9.49. The Balaban J connectivity index is 1.53. The van der Waals surface area contributed by atoms with Crippen molar-refractivity contribution in [3.05, 3.63) is 75.6 Å². The van der Waals surface area contributed by atoms with E-state index >= 15 is 0 Å². The molecule has 2 atom stereocenters. The van der Waals surface area contributed by atoms with E-state index in [2.05, 4.69) is 6.92 Å². The van der Waals surface area contributed by atoms with E-state index in [1.165, 1.54) is 12.8 Å². The highest BCUT2D eigenvalue weighted by atomic mass is 32.2. The Bertz CT molecular complexity index is 1410. The van der Waals surface area contributed by atoms with Crippen molar-refractivity contribution in [2.45, 2.75) is 51.1 Å². The normalized spacial score (nSPS) is 20.9. The zero-order valence-corrected chi connectivity index (χ0v) is 20.6. The number of para-hydroxylation sites is 1. The fourth-order valence-electron chi connectivity index (χ4n) is 5.10. The molecule has 0 saturated carbocycles. The van der Waals surface area contributed by atoms with E-state index in [0.29, 0.717) is 24.0 Å². The first-order valence-corrected chi connectivity index (χ1v) is 14.0. The molecule has 1 aromatic heterocycles. The van der Waals surface area contributed by atoms with Crippen LogP contribution in [0, 0.1) is 0 Å². The lowest BCUT2D eigenvalue weighted by atomic mass is 9.97. The average molecular weight is 496 g/mol. The largest absolute Gasteiger partial charge is 0.494 e. The molecule has 2 aliphatic rings. The Labute approximate surface area is 204 Å². The number of fused-ring (bicyclic) bond motifs is 2. The van der Waals surface area contributed by atoms with Crippen molar-refractivity contribution in [2.24, 2.45) is 0 Å². The standard InChI is InChI=1S/C27H29NO6S/c1-2-3-4-7-15-33-20-12-10-18(11-13-20)24-23-25(29)21-8-5-6-9-22(21)34-26(23)27(30)28(24)19-14-16-35(31,32)17-19/h5-6,8-13,19,24H,2-4,7,14-17H2,1H3. The van der Waals surface area contributed by atoms with Crippen LogP contribution in [0.25, 0.3) is 11.0 Å². The zero-order valence-electron chi connectivity index (χ0n) is 19.7. The molecule has 1 amide bonds. The predicted molar refractivity (Wildman–Crippen MR) is 134 cm³/mol. The van der Waals surface area contributed by atoms with Crippen LogP contribution in [0.2, 0.25) is 0 Å². The van der Waals surface area contributed by atoms with Gasteiger partial charge in [0.1, 0.15) is 11.3 Å². The number of unbranched alkanes of at least 4 members (excludes halogenated alkanes) is 3. The minimum Gasteiger partial charge on any atom is -0.494 e. The quantitative estimate of drug-likeness (QED) is 0.428. The zero-order chi connectivity index (χ0) is 24.6. The molecule has 0 N–H and O–H groups in total. The van der Waals surface area contributed by atoms with E-state index in [1.54, 1.807) is 29.2 Å². The molecular weight excluding hydrogens is 466 g/mol. The Morgan fingerprint density at radius 2 is 1.80 bits per heavy atom. The molecule has 2 aliphatic heterocycles. The third kappa shape index (κ3) is 4.47. The number of rotatable bonds is 8. The van der Waals surface area contributed by atoms with Gasteiger partial charge in [0.2, 0.25) is 5.76 Å². The van der Waals surface area contributed by atoms with Crippen LogP contribution < -0.4 is 10.2 Å². The summed E-state index contributed by atoms with van der Waals surface area (Å²) in [6.07, 6.45) is 4.79. The van der Waals surface area contributed by atoms with Crippen molar-refractivity contribution >= 4 is 26.7 Å². The van der Waals surface area contributed by atoms with E-state index < -0.39 is 27.8 Å². The van der Waals surface area contributed by atoms with E-state index in [9.17, 15) is 18.0 Å². The second-order valence-electron chi connectivity index (χ2n) is 9.32. The summed E-state index contributed by atoms with van der Waals surface area (Å²) in [6, 6.07) is 13.0. The summed E-state index contributed by atoms with van der Waals surface area (Å²) in [6.45, 7) is 2.80. The molecule has 1 fully saturated rings. The molecule has 184 valence electrons. The average Bonchev–Trinajstić information content (AvgIpc) is 3.36. The van der Waals surface area contributed by atoms with Crippen LogP contribution in [0.1, 0.15) is 66.8 Å².